The lowest BCUT2D eigenvalue weighted by atomic mass is 10.1. The lowest BCUT2D eigenvalue weighted by Crippen LogP contribution is -1.77. The second-order valence-electron chi connectivity index (χ2n) is 2.67. The van der Waals surface area contributed by atoms with Gasteiger partial charge >= 0.3 is 0 Å². The van der Waals surface area contributed by atoms with Gasteiger partial charge in [-0.25, -0.2) is 0 Å². The van der Waals surface area contributed by atoms with Crippen LogP contribution in [-0.4, -0.2) is 5.88 Å². The van der Waals surface area contributed by atoms with E-state index in [-0.39, 0.29) is 0 Å². The molecule has 0 spiro atoms. The standard InChI is InChI=1S/C11H17Cl/c1-2-3-4-5-6-7-8-9-10-11-12/h2-3H,6-11H2,1H3/b3-2-. The average Bonchev–Trinajstić information content (AvgIpc) is 2.10. The third-order valence-corrected chi connectivity index (χ3v) is 1.80. The van der Waals surface area contributed by atoms with Gasteiger partial charge in [0.05, 0.1) is 0 Å². The topological polar surface area (TPSA) is 0 Å². The number of unbranched alkanes of at least 4 members (excludes halogenated alkanes) is 4. The summed E-state index contributed by atoms with van der Waals surface area (Å²) in [6.07, 6.45) is 9.73. The molecule has 0 radical (unpaired) electrons. The zero-order chi connectivity index (χ0) is 9.07. The molecule has 0 aliphatic rings. The molecule has 0 unspecified atom stereocenters. The maximum absolute atomic E-state index is 5.55. The minimum atomic E-state index is 0.796. The maximum atomic E-state index is 5.55. The molecule has 0 amide bonds. The normalized spacial score (nSPS) is 9.83. The molecule has 0 aliphatic carbocycles. The molecule has 0 aromatic carbocycles. The van der Waals surface area contributed by atoms with E-state index in [9.17, 15) is 0 Å². The van der Waals surface area contributed by atoms with Gasteiger partial charge < -0.3 is 0 Å². The summed E-state index contributed by atoms with van der Waals surface area (Å²) in [5.74, 6) is 6.86. The SMILES string of the molecule is C/C=C\C#CCCCCCCCl. The molecule has 0 fully saturated rings. The van der Waals surface area contributed by atoms with E-state index < -0.39 is 0 Å². The molecule has 0 aliphatic heterocycles. The van der Waals surface area contributed by atoms with E-state index >= 15 is 0 Å². The predicted octanol–water partition coefficient (Wildman–Crippen LogP) is 3.76. The number of rotatable bonds is 5. The molecule has 0 heterocycles. The summed E-state index contributed by atoms with van der Waals surface area (Å²) in [7, 11) is 0. The maximum Gasteiger partial charge on any atom is 0.0223 e. The molecule has 0 bridgehead atoms. The van der Waals surface area contributed by atoms with Gasteiger partial charge in [-0.05, 0) is 25.8 Å². The first-order valence-corrected chi connectivity index (χ1v) is 5.10. The van der Waals surface area contributed by atoms with Crippen LogP contribution < -0.4 is 0 Å². The summed E-state index contributed by atoms with van der Waals surface area (Å²) in [6, 6.07) is 0. The van der Waals surface area contributed by atoms with Crippen LogP contribution in [0.25, 0.3) is 0 Å². The lowest BCUT2D eigenvalue weighted by Gasteiger charge is -1.93. The molecule has 68 valence electrons. The van der Waals surface area contributed by atoms with Gasteiger partial charge in [-0.3, -0.25) is 0 Å². The monoisotopic (exact) mass is 184 g/mol. The summed E-state index contributed by atoms with van der Waals surface area (Å²) in [5.41, 5.74) is 0. The zero-order valence-electron chi connectivity index (χ0n) is 7.78. The molecule has 0 atom stereocenters. The Hall–Kier alpha value is -0.410. The molecule has 0 nitrogen and oxygen atoms in total. The quantitative estimate of drug-likeness (QED) is 0.347. The Balaban J connectivity index is 3.06. The smallest absolute Gasteiger partial charge is 0.0223 e. The number of alkyl halides is 1. The first-order chi connectivity index (χ1) is 5.91. The highest BCUT2D eigenvalue weighted by Gasteiger charge is 1.85. The fraction of sp³-hybridized carbons (Fsp3) is 0.636. The van der Waals surface area contributed by atoms with Crippen LogP contribution in [0.2, 0.25) is 0 Å². The third kappa shape index (κ3) is 9.59. The van der Waals surface area contributed by atoms with Gasteiger partial charge in [0.1, 0.15) is 0 Å². The van der Waals surface area contributed by atoms with Gasteiger partial charge in [0.2, 0.25) is 0 Å². The van der Waals surface area contributed by atoms with Crippen LogP contribution in [0.4, 0.5) is 0 Å². The highest BCUT2D eigenvalue weighted by atomic mass is 35.5. The van der Waals surface area contributed by atoms with Gasteiger partial charge in [0, 0.05) is 12.3 Å². The first-order valence-electron chi connectivity index (χ1n) is 4.57. The third-order valence-electron chi connectivity index (χ3n) is 1.54. The Bertz CT molecular complexity index is 160. The van der Waals surface area contributed by atoms with Crippen LogP contribution in [0.15, 0.2) is 12.2 Å². The van der Waals surface area contributed by atoms with Crippen molar-refractivity contribution in [2.75, 3.05) is 5.88 Å². The summed E-state index contributed by atoms with van der Waals surface area (Å²) in [6.45, 7) is 1.98. The van der Waals surface area contributed by atoms with Crippen LogP contribution >= 0.6 is 11.6 Å². The van der Waals surface area contributed by atoms with Crippen molar-refractivity contribution in [3.05, 3.63) is 12.2 Å². The van der Waals surface area contributed by atoms with Crippen molar-refractivity contribution < 1.29 is 0 Å². The van der Waals surface area contributed by atoms with Crippen molar-refractivity contribution in [3.8, 4) is 11.8 Å². The van der Waals surface area contributed by atoms with Gasteiger partial charge in [-0.15, -0.1) is 11.6 Å². The van der Waals surface area contributed by atoms with E-state index in [1.807, 2.05) is 19.1 Å². The summed E-state index contributed by atoms with van der Waals surface area (Å²) >= 11 is 5.55. The van der Waals surface area contributed by atoms with Gasteiger partial charge in [-0.1, -0.05) is 30.8 Å². The number of halogens is 1. The fourth-order valence-electron chi connectivity index (χ4n) is 0.876. The van der Waals surface area contributed by atoms with E-state index in [1.165, 1.54) is 19.3 Å². The first kappa shape index (κ1) is 11.6. The minimum Gasteiger partial charge on any atom is -0.127 e. The summed E-state index contributed by atoms with van der Waals surface area (Å²) < 4.78 is 0. The zero-order valence-corrected chi connectivity index (χ0v) is 8.53. The van der Waals surface area contributed by atoms with Crippen molar-refractivity contribution in [2.24, 2.45) is 0 Å². The second-order valence-corrected chi connectivity index (χ2v) is 3.05. The minimum absolute atomic E-state index is 0.796. The van der Waals surface area contributed by atoms with Crippen LogP contribution in [-0.2, 0) is 0 Å². The molecule has 0 saturated carbocycles. The van der Waals surface area contributed by atoms with Crippen molar-refractivity contribution in [1.29, 1.82) is 0 Å². The Labute approximate surface area is 81.0 Å². The van der Waals surface area contributed by atoms with E-state index in [0.717, 1.165) is 18.7 Å². The van der Waals surface area contributed by atoms with Gasteiger partial charge in [0.15, 0.2) is 0 Å². The summed E-state index contributed by atoms with van der Waals surface area (Å²) in [5, 5.41) is 0. The summed E-state index contributed by atoms with van der Waals surface area (Å²) in [4.78, 5) is 0. The molecule has 0 rings (SSSR count). The number of allylic oxidation sites excluding steroid dienone is 2. The van der Waals surface area contributed by atoms with E-state index in [0.29, 0.717) is 0 Å². The Morgan fingerprint density at radius 1 is 1.17 bits per heavy atom. The Kier molecular flexibility index (Phi) is 10.2. The second kappa shape index (κ2) is 10.6. The highest BCUT2D eigenvalue weighted by molar-refractivity contribution is 6.17. The Morgan fingerprint density at radius 2 is 1.92 bits per heavy atom. The number of hydrogen-bond donors (Lipinski definition) is 0. The molecule has 0 aromatic rings. The van der Waals surface area contributed by atoms with Crippen molar-refractivity contribution in [3.63, 3.8) is 0 Å². The average molecular weight is 185 g/mol. The Morgan fingerprint density at radius 3 is 2.58 bits per heavy atom. The number of hydrogen-bond acceptors (Lipinski definition) is 0. The van der Waals surface area contributed by atoms with Crippen molar-refractivity contribution >= 4 is 11.6 Å². The van der Waals surface area contributed by atoms with Crippen molar-refractivity contribution in [1.82, 2.24) is 0 Å². The van der Waals surface area contributed by atoms with Crippen LogP contribution in [0, 0.1) is 11.8 Å². The van der Waals surface area contributed by atoms with Crippen LogP contribution in [0.5, 0.6) is 0 Å². The fourth-order valence-corrected chi connectivity index (χ4v) is 1.06. The molecular weight excluding hydrogens is 168 g/mol. The van der Waals surface area contributed by atoms with Crippen LogP contribution in [0.3, 0.4) is 0 Å². The molecule has 0 N–H and O–H groups in total. The predicted molar refractivity (Wildman–Crippen MR) is 56.4 cm³/mol. The van der Waals surface area contributed by atoms with E-state index in [1.54, 1.807) is 0 Å². The van der Waals surface area contributed by atoms with Gasteiger partial charge in [-0.2, -0.15) is 0 Å². The molecule has 1 heteroatoms. The molecule has 0 aromatic heterocycles. The highest BCUT2D eigenvalue weighted by Crippen LogP contribution is 2.02. The van der Waals surface area contributed by atoms with Crippen LogP contribution in [0.1, 0.15) is 39.0 Å². The lowest BCUT2D eigenvalue weighted by molar-refractivity contribution is 0.682. The van der Waals surface area contributed by atoms with E-state index in [4.69, 9.17) is 11.6 Å². The molecular formula is C11H17Cl. The molecule has 12 heavy (non-hydrogen) atoms. The van der Waals surface area contributed by atoms with Crippen molar-refractivity contribution in [2.45, 2.75) is 39.0 Å². The van der Waals surface area contributed by atoms with Gasteiger partial charge in [0.25, 0.3) is 0 Å². The largest absolute Gasteiger partial charge is 0.127 e. The molecule has 0 saturated heterocycles. The van der Waals surface area contributed by atoms with E-state index in [2.05, 4.69) is 11.8 Å².